The van der Waals surface area contributed by atoms with E-state index in [-0.39, 0.29) is 17.5 Å². The van der Waals surface area contributed by atoms with Crippen LogP contribution in [0, 0.1) is 11.8 Å². The van der Waals surface area contributed by atoms with Crippen LogP contribution in [0.4, 0.5) is 0 Å². The molecule has 0 aliphatic rings. The number of hydrogen-bond acceptors (Lipinski definition) is 2. The van der Waals surface area contributed by atoms with E-state index in [1.807, 2.05) is 6.92 Å². The Morgan fingerprint density at radius 2 is 1.75 bits per heavy atom. The minimum Gasteiger partial charge on any atom is -0.291 e. The fourth-order valence-electron chi connectivity index (χ4n) is 1.32. The lowest BCUT2D eigenvalue weighted by Gasteiger charge is -2.13. The Bertz CT molecular complexity index is 171. The number of Topliss-reactive ketones (excluding diaryl/α,β-unsaturated/α-hetero) is 2. The highest BCUT2D eigenvalue weighted by molar-refractivity contribution is 6.36. The van der Waals surface area contributed by atoms with E-state index in [0.29, 0.717) is 5.92 Å². The third kappa shape index (κ3) is 3.65. The van der Waals surface area contributed by atoms with Crippen LogP contribution in [0.3, 0.4) is 0 Å². The van der Waals surface area contributed by atoms with Crippen LogP contribution in [0.25, 0.3) is 0 Å². The van der Waals surface area contributed by atoms with E-state index in [4.69, 9.17) is 0 Å². The number of ketones is 2. The minimum absolute atomic E-state index is 0.0532. The molecule has 0 aromatic heterocycles. The molecule has 0 aromatic rings. The second kappa shape index (κ2) is 5.07. The van der Waals surface area contributed by atoms with Gasteiger partial charge in [-0.3, -0.25) is 9.59 Å². The minimum atomic E-state index is -0.303. The van der Waals surface area contributed by atoms with Crippen molar-refractivity contribution in [3.05, 3.63) is 0 Å². The summed E-state index contributed by atoms with van der Waals surface area (Å²) < 4.78 is 0. The lowest BCUT2D eigenvalue weighted by Crippen LogP contribution is -2.22. The van der Waals surface area contributed by atoms with Crippen LogP contribution < -0.4 is 0 Å². The van der Waals surface area contributed by atoms with E-state index in [9.17, 15) is 9.59 Å². The van der Waals surface area contributed by atoms with Crippen molar-refractivity contribution in [2.24, 2.45) is 11.8 Å². The van der Waals surface area contributed by atoms with Crippen molar-refractivity contribution in [3.8, 4) is 0 Å². The molecule has 70 valence electrons. The van der Waals surface area contributed by atoms with Gasteiger partial charge in [0.15, 0.2) is 5.78 Å². The van der Waals surface area contributed by atoms with Gasteiger partial charge in [-0.1, -0.05) is 20.8 Å². The van der Waals surface area contributed by atoms with Gasteiger partial charge >= 0.3 is 0 Å². The smallest absolute Gasteiger partial charge is 0.201 e. The molecule has 0 rings (SSSR count). The highest BCUT2D eigenvalue weighted by Gasteiger charge is 2.20. The van der Waals surface area contributed by atoms with E-state index in [2.05, 4.69) is 13.8 Å². The first-order chi connectivity index (χ1) is 5.49. The molecule has 0 saturated carbocycles. The van der Waals surface area contributed by atoms with Crippen LogP contribution in [-0.4, -0.2) is 11.6 Å². The van der Waals surface area contributed by atoms with Gasteiger partial charge in [-0.2, -0.15) is 0 Å². The summed E-state index contributed by atoms with van der Waals surface area (Å²) in [5.74, 6) is -0.0746. The lowest BCUT2D eigenvalue weighted by atomic mass is 9.90. The lowest BCUT2D eigenvalue weighted by molar-refractivity contribution is -0.138. The van der Waals surface area contributed by atoms with E-state index in [1.54, 1.807) is 0 Å². The van der Waals surface area contributed by atoms with Crippen molar-refractivity contribution >= 4 is 11.6 Å². The molecule has 0 radical (unpaired) electrons. The molecular weight excluding hydrogens is 152 g/mol. The summed E-state index contributed by atoms with van der Waals surface area (Å²) in [6.07, 6.45) is 1.60. The summed E-state index contributed by atoms with van der Waals surface area (Å²) in [6, 6.07) is 0. The van der Waals surface area contributed by atoms with Crippen molar-refractivity contribution in [1.29, 1.82) is 0 Å². The fraction of sp³-hybridized carbons (Fsp3) is 0.800. The summed E-state index contributed by atoms with van der Waals surface area (Å²) in [5, 5.41) is 0. The zero-order chi connectivity index (χ0) is 9.72. The third-order valence-electron chi connectivity index (χ3n) is 1.97. The summed E-state index contributed by atoms with van der Waals surface area (Å²) in [4.78, 5) is 22.0. The van der Waals surface area contributed by atoms with Crippen LogP contribution in [0.1, 0.15) is 40.5 Å². The van der Waals surface area contributed by atoms with Crippen LogP contribution in [-0.2, 0) is 9.59 Å². The summed E-state index contributed by atoms with van der Waals surface area (Å²) >= 11 is 0. The maximum absolute atomic E-state index is 11.3. The normalized spacial score (nSPS) is 13.1. The Hall–Kier alpha value is -0.660. The first kappa shape index (κ1) is 11.3. The first-order valence-electron chi connectivity index (χ1n) is 4.53. The average molecular weight is 170 g/mol. The Balaban J connectivity index is 4.15. The Labute approximate surface area is 74.3 Å². The number of carbonyl (C=O) groups excluding carboxylic acids is 2. The molecule has 2 nitrogen and oxygen atoms in total. The van der Waals surface area contributed by atoms with Crippen LogP contribution in [0.15, 0.2) is 0 Å². The van der Waals surface area contributed by atoms with Crippen molar-refractivity contribution in [1.82, 2.24) is 0 Å². The van der Waals surface area contributed by atoms with Crippen molar-refractivity contribution in [2.45, 2.75) is 40.5 Å². The van der Waals surface area contributed by atoms with E-state index in [0.717, 1.165) is 12.8 Å². The second-order valence-electron chi connectivity index (χ2n) is 3.66. The van der Waals surface area contributed by atoms with Crippen LogP contribution in [0.2, 0.25) is 0 Å². The SMILES string of the molecule is CCC(CC(C)C)C(=O)C(C)=O. The zero-order valence-corrected chi connectivity index (χ0v) is 8.39. The molecule has 1 unspecified atom stereocenters. The second-order valence-corrected chi connectivity index (χ2v) is 3.66. The standard InChI is InChI=1S/C10H18O2/c1-5-9(6-7(2)3)10(12)8(4)11/h7,9H,5-6H2,1-4H3. The number of rotatable bonds is 5. The van der Waals surface area contributed by atoms with Gasteiger partial charge in [0.1, 0.15) is 0 Å². The molecule has 0 spiro atoms. The molecule has 0 saturated heterocycles. The summed E-state index contributed by atoms with van der Waals surface area (Å²) in [6.45, 7) is 7.44. The van der Waals surface area contributed by atoms with E-state index >= 15 is 0 Å². The van der Waals surface area contributed by atoms with Gasteiger partial charge in [-0.25, -0.2) is 0 Å². The largest absolute Gasteiger partial charge is 0.291 e. The van der Waals surface area contributed by atoms with Gasteiger partial charge in [0.2, 0.25) is 5.78 Å². The maximum Gasteiger partial charge on any atom is 0.201 e. The van der Waals surface area contributed by atoms with Crippen molar-refractivity contribution in [2.75, 3.05) is 0 Å². The summed E-state index contributed by atoms with van der Waals surface area (Å²) in [7, 11) is 0. The Kier molecular flexibility index (Phi) is 4.79. The molecule has 0 bridgehead atoms. The molecule has 0 N–H and O–H groups in total. The van der Waals surface area contributed by atoms with Gasteiger partial charge in [0.05, 0.1) is 0 Å². The fourth-order valence-corrected chi connectivity index (χ4v) is 1.32. The van der Waals surface area contributed by atoms with Gasteiger partial charge in [-0.05, 0) is 18.8 Å². The molecule has 12 heavy (non-hydrogen) atoms. The van der Waals surface area contributed by atoms with E-state index in [1.165, 1.54) is 6.92 Å². The van der Waals surface area contributed by atoms with E-state index < -0.39 is 0 Å². The molecule has 0 aliphatic carbocycles. The number of carbonyl (C=O) groups is 2. The predicted octanol–water partition coefficient (Wildman–Crippen LogP) is 2.22. The van der Waals surface area contributed by atoms with Crippen LogP contribution >= 0.6 is 0 Å². The molecule has 1 atom stereocenters. The summed E-state index contributed by atoms with van der Waals surface area (Å²) in [5.41, 5.74) is 0. The van der Waals surface area contributed by atoms with Gasteiger partial charge in [-0.15, -0.1) is 0 Å². The Morgan fingerprint density at radius 3 is 2.00 bits per heavy atom. The van der Waals surface area contributed by atoms with Crippen LogP contribution in [0.5, 0.6) is 0 Å². The maximum atomic E-state index is 11.3. The third-order valence-corrected chi connectivity index (χ3v) is 1.97. The average Bonchev–Trinajstić information content (AvgIpc) is 1.98. The molecular formula is C10H18O2. The predicted molar refractivity (Wildman–Crippen MR) is 48.9 cm³/mol. The highest BCUT2D eigenvalue weighted by atomic mass is 16.2. The monoisotopic (exact) mass is 170 g/mol. The van der Waals surface area contributed by atoms with Crippen molar-refractivity contribution in [3.63, 3.8) is 0 Å². The molecule has 0 amide bonds. The first-order valence-corrected chi connectivity index (χ1v) is 4.53. The molecule has 0 aliphatic heterocycles. The van der Waals surface area contributed by atoms with Gasteiger partial charge in [0, 0.05) is 12.8 Å². The molecule has 2 heteroatoms. The number of hydrogen-bond donors (Lipinski definition) is 0. The van der Waals surface area contributed by atoms with Gasteiger partial charge in [0.25, 0.3) is 0 Å². The quantitative estimate of drug-likeness (QED) is 0.593. The molecule has 0 fully saturated rings. The van der Waals surface area contributed by atoms with Crippen molar-refractivity contribution < 1.29 is 9.59 Å². The topological polar surface area (TPSA) is 34.1 Å². The highest BCUT2D eigenvalue weighted by Crippen LogP contribution is 2.16. The molecule has 0 heterocycles. The van der Waals surface area contributed by atoms with Gasteiger partial charge < -0.3 is 0 Å². The molecule has 0 aromatic carbocycles. The Morgan fingerprint density at radius 1 is 1.25 bits per heavy atom. The zero-order valence-electron chi connectivity index (χ0n) is 8.39.